The number of ether oxygens (including phenoxy) is 2. The van der Waals surface area contributed by atoms with Crippen LogP contribution in [0.1, 0.15) is 18.1 Å². The van der Waals surface area contributed by atoms with Crippen LogP contribution in [0.2, 0.25) is 0 Å². The van der Waals surface area contributed by atoms with E-state index in [-0.39, 0.29) is 5.56 Å². The van der Waals surface area contributed by atoms with Gasteiger partial charge in [-0.3, -0.25) is 14.5 Å². The van der Waals surface area contributed by atoms with E-state index >= 15 is 0 Å². The number of carbonyl (C=O) groups is 3. The Labute approximate surface area is 172 Å². The normalized spacial score (nSPS) is 19.8. The van der Waals surface area contributed by atoms with Crippen molar-refractivity contribution in [1.29, 1.82) is 5.26 Å². The van der Waals surface area contributed by atoms with E-state index < -0.39 is 29.9 Å². The van der Waals surface area contributed by atoms with Crippen LogP contribution in [-0.2, 0) is 15.1 Å². The Hall–Kier alpha value is -4.06. The Balaban J connectivity index is 1.52. The van der Waals surface area contributed by atoms with Crippen LogP contribution < -0.4 is 20.1 Å². The van der Waals surface area contributed by atoms with Crippen molar-refractivity contribution in [3.8, 4) is 17.6 Å². The number of anilines is 1. The van der Waals surface area contributed by atoms with Gasteiger partial charge in [0.25, 0.3) is 5.91 Å². The molecule has 2 N–H and O–H groups in total. The quantitative estimate of drug-likeness (QED) is 0.746. The Bertz CT molecular complexity index is 1090. The number of para-hydroxylation sites is 1. The predicted octanol–water partition coefficient (Wildman–Crippen LogP) is 1.74. The molecule has 1 atom stereocenters. The van der Waals surface area contributed by atoms with Crippen molar-refractivity contribution in [2.24, 2.45) is 0 Å². The van der Waals surface area contributed by atoms with Gasteiger partial charge in [-0.15, -0.1) is 0 Å². The van der Waals surface area contributed by atoms with Crippen LogP contribution in [0.5, 0.6) is 11.5 Å². The highest BCUT2D eigenvalue weighted by molar-refractivity contribution is 6.10. The van der Waals surface area contributed by atoms with Gasteiger partial charge in [0.2, 0.25) is 5.91 Å². The largest absolute Gasteiger partial charge is 0.486 e. The van der Waals surface area contributed by atoms with Crippen LogP contribution in [0.25, 0.3) is 0 Å². The summed E-state index contributed by atoms with van der Waals surface area (Å²) in [5, 5.41) is 14.3. The highest BCUT2D eigenvalue weighted by Gasteiger charge is 2.49. The summed E-state index contributed by atoms with van der Waals surface area (Å²) in [6.07, 6.45) is 0. The molecule has 1 saturated heterocycles. The fraction of sp³-hybridized carbons (Fsp3) is 0.238. The first kappa shape index (κ1) is 19.3. The number of benzene rings is 2. The molecule has 2 aliphatic heterocycles. The minimum absolute atomic E-state index is 0.282. The molecule has 0 aromatic heterocycles. The van der Waals surface area contributed by atoms with Gasteiger partial charge >= 0.3 is 6.03 Å². The minimum atomic E-state index is -1.35. The molecule has 0 bridgehead atoms. The van der Waals surface area contributed by atoms with Crippen molar-refractivity contribution in [3.63, 3.8) is 0 Å². The molecule has 1 fully saturated rings. The molecule has 2 aromatic rings. The van der Waals surface area contributed by atoms with Crippen LogP contribution in [0.4, 0.5) is 10.5 Å². The van der Waals surface area contributed by atoms with Crippen molar-refractivity contribution in [2.75, 3.05) is 25.1 Å². The maximum Gasteiger partial charge on any atom is 0.325 e. The summed E-state index contributed by atoms with van der Waals surface area (Å²) in [5.74, 6) is -0.0930. The van der Waals surface area contributed by atoms with Crippen molar-refractivity contribution in [3.05, 3.63) is 53.6 Å². The maximum atomic E-state index is 13.1. The van der Waals surface area contributed by atoms with E-state index in [0.29, 0.717) is 36.0 Å². The van der Waals surface area contributed by atoms with Gasteiger partial charge in [0.15, 0.2) is 11.5 Å². The first-order valence-electron chi connectivity index (χ1n) is 9.25. The minimum Gasteiger partial charge on any atom is -0.486 e. The molecule has 0 radical (unpaired) electrons. The lowest BCUT2D eigenvalue weighted by Gasteiger charge is -2.25. The summed E-state index contributed by atoms with van der Waals surface area (Å²) in [6, 6.07) is 12.8. The van der Waals surface area contributed by atoms with Crippen molar-refractivity contribution in [2.45, 2.75) is 12.5 Å². The third kappa shape index (κ3) is 3.28. The fourth-order valence-electron chi connectivity index (χ4n) is 3.41. The van der Waals surface area contributed by atoms with Crippen molar-refractivity contribution >= 4 is 23.5 Å². The highest BCUT2D eigenvalue weighted by Crippen LogP contribution is 2.36. The van der Waals surface area contributed by atoms with Gasteiger partial charge in [0.05, 0.1) is 11.3 Å². The first-order valence-corrected chi connectivity index (χ1v) is 9.25. The number of nitrogens with zero attached hydrogens (tertiary/aromatic N) is 2. The van der Waals surface area contributed by atoms with Crippen LogP contribution >= 0.6 is 0 Å². The second-order valence-electron chi connectivity index (χ2n) is 7.01. The molecule has 2 aromatic carbocycles. The third-order valence-electron chi connectivity index (χ3n) is 5.02. The smallest absolute Gasteiger partial charge is 0.325 e. The average Bonchev–Trinajstić information content (AvgIpc) is 2.97. The molecule has 9 heteroatoms. The maximum absolute atomic E-state index is 13.1. The van der Waals surface area contributed by atoms with Crippen LogP contribution in [-0.4, -0.2) is 42.5 Å². The Morgan fingerprint density at radius 2 is 1.93 bits per heavy atom. The van der Waals surface area contributed by atoms with E-state index in [0.717, 1.165) is 4.90 Å². The lowest BCUT2D eigenvalue weighted by Crippen LogP contribution is -2.42. The summed E-state index contributed by atoms with van der Waals surface area (Å²) in [7, 11) is 0. The topological polar surface area (TPSA) is 121 Å². The third-order valence-corrected chi connectivity index (χ3v) is 5.02. The van der Waals surface area contributed by atoms with Crippen LogP contribution in [0.3, 0.4) is 0 Å². The molecule has 4 amide bonds. The monoisotopic (exact) mass is 406 g/mol. The van der Waals surface area contributed by atoms with Gasteiger partial charge in [-0.2, -0.15) is 5.26 Å². The molecular weight excluding hydrogens is 388 g/mol. The van der Waals surface area contributed by atoms with Gasteiger partial charge in [0.1, 0.15) is 31.4 Å². The van der Waals surface area contributed by atoms with E-state index in [4.69, 9.17) is 14.7 Å². The Morgan fingerprint density at radius 1 is 1.20 bits per heavy atom. The highest BCUT2D eigenvalue weighted by atomic mass is 16.6. The SMILES string of the molecule is C[C@]1(c2ccc3c(c2)OCCO3)NC(=O)N(CC(=O)Nc2ccccc2C#N)C1=O. The van der Waals surface area contributed by atoms with Gasteiger partial charge in [-0.25, -0.2) is 4.79 Å². The number of hydrogen-bond acceptors (Lipinski definition) is 6. The molecule has 152 valence electrons. The molecular formula is C21H18N4O5. The van der Waals surface area contributed by atoms with Gasteiger partial charge < -0.3 is 20.1 Å². The van der Waals surface area contributed by atoms with E-state index in [1.165, 1.54) is 0 Å². The second kappa shape index (κ2) is 7.40. The van der Waals surface area contributed by atoms with E-state index in [9.17, 15) is 14.4 Å². The van der Waals surface area contributed by atoms with Gasteiger partial charge in [-0.1, -0.05) is 18.2 Å². The first-order chi connectivity index (χ1) is 14.4. The number of rotatable bonds is 4. The summed E-state index contributed by atoms with van der Waals surface area (Å²) >= 11 is 0. The number of hydrogen-bond donors (Lipinski definition) is 2. The Morgan fingerprint density at radius 3 is 2.70 bits per heavy atom. The van der Waals surface area contributed by atoms with Gasteiger partial charge in [-0.05, 0) is 36.8 Å². The molecule has 30 heavy (non-hydrogen) atoms. The lowest BCUT2D eigenvalue weighted by molar-refractivity contribution is -0.133. The number of nitrogens with one attached hydrogen (secondary N) is 2. The number of amides is 4. The molecule has 0 spiro atoms. The van der Waals surface area contributed by atoms with Crippen LogP contribution in [0.15, 0.2) is 42.5 Å². The zero-order chi connectivity index (χ0) is 21.3. The average molecular weight is 406 g/mol. The lowest BCUT2D eigenvalue weighted by atomic mass is 9.91. The van der Waals surface area contributed by atoms with E-state index in [2.05, 4.69) is 10.6 Å². The van der Waals surface area contributed by atoms with Gasteiger partial charge in [0, 0.05) is 0 Å². The summed E-state index contributed by atoms with van der Waals surface area (Å²) < 4.78 is 11.0. The van der Waals surface area contributed by atoms with Crippen LogP contribution in [0, 0.1) is 11.3 Å². The molecule has 0 unspecified atom stereocenters. The fourth-order valence-corrected chi connectivity index (χ4v) is 3.41. The number of imide groups is 1. The van der Waals surface area contributed by atoms with E-state index in [1.54, 1.807) is 49.4 Å². The molecule has 0 aliphatic carbocycles. The summed E-state index contributed by atoms with van der Waals surface area (Å²) in [5.41, 5.74) is -0.240. The molecule has 4 rings (SSSR count). The zero-order valence-corrected chi connectivity index (χ0v) is 16.1. The summed E-state index contributed by atoms with van der Waals surface area (Å²) in [4.78, 5) is 38.8. The predicted molar refractivity (Wildman–Crippen MR) is 105 cm³/mol. The molecule has 2 aliphatic rings. The Kier molecular flexibility index (Phi) is 4.75. The number of fused-ring (bicyclic) bond motifs is 1. The number of nitriles is 1. The van der Waals surface area contributed by atoms with Crippen molar-refractivity contribution < 1.29 is 23.9 Å². The number of urea groups is 1. The molecule has 9 nitrogen and oxygen atoms in total. The zero-order valence-electron chi connectivity index (χ0n) is 16.1. The number of carbonyl (C=O) groups excluding carboxylic acids is 3. The van der Waals surface area contributed by atoms with Crippen molar-refractivity contribution in [1.82, 2.24) is 10.2 Å². The molecule has 0 saturated carbocycles. The standard InChI is InChI=1S/C21H18N4O5/c1-21(14-6-7-16-17(10-14)30-9-8-29-16)19(27)25(20(28)24-21)12-18(26)23-15-5-3-2-4-13(15)11-22/h2-7,10H,8-9,12H2,1H3,(H,23,26)(H,24,28)/t21-/m1/s1. The molecule has 2 heterocycles. The van der Waals surface area contributed by atoms with E-state index in [1.807, 2.05) is 6.07 Å². The summed E-state index contributed by atoms with van der Waals surface area (Å²) in [6.45, 7) is 1.92. The second-order valence-corrected chi connectivity index (χ2v) is 7.01.